The number of benzene rings is 3. The molecule has 30 heavy (non-hydrogen) atoms. The number of methoxy groups -OCH3 is 2. The van der Waals surface area contributed by atoms with Crippen LogP contribution in [0.5, 0.6) is 17.2 Å². The predicted molar refractivity (Wildman–Crippen MR) is 127 cm³/mol. The molecule has 3 rings (SSSR count). The van der Waals surface area contributed by atoms with Gasteiger partial charge in [-0.25, -0.2) is 0 Å². The molecule has 1 N–H and O–H groups in total. The maximum atomic E-state index is 5.96. The van der Waals surface area contributed by atoms with Crippen LogP contribution >= 0.6 is 31.9 Å². The Morgan fingerprint density at radius 1 is 0.867 bits per heavy atom. The molecule has 0 radical (unpaired) electrons. The first kappa shape index (κ1) is 22.2. The summed E-state index contributed by atoms with van der Waals surface area (Å²) in [5.74, 6) is 2.16. The third kappa shape index (κ3) is 6.00. The van der Waals surface area contributed by atoms with Crippen LogP contribution < -0.4 is 19.6 Å². The van der Waals surface area contributed by atoms with Gasteiger partial charge in [-0.3, -0.25) is 0 Å². The van der Waals surface area contributed by atoms with Crippen molar-refractivity contribution in [1.29, 1.82) is 0 Å². The summed E-state index contributed by atoms with van der Waals surface area (Å²) < 4.78 is 18.2. The van der Waals surface area contributed by atoms with E-state index in [1.807, 2.05) is 60.7 Å². The van der Waals surface area contributed by atoms with Crippen LogP contribution in [0.25, 0.3) is 0 Å². The summed E-state index contributed by atoms with van der Waals surface area (Å²) in [6, 6.07) is 19.8. The van der Waals surface area contributed by atoms with E-state index < -0.39 is 0 Å². The number of nitrogens with zero attached hydrogens (tertiary/aromatic N) is 1. The van der Waals surface area contributed by atoms with E-state index in [-0.39, 0.29) is 0 Å². The fraction of sp³-hybridized carbons (Fsp3) is 0.174. The van der Waals surface area contributed by atoms with E-state index in [2.05, 4.69) is 42.4 Å². The second kappa shape index (κ2) is 11.0. The Morgan fingerprint density at radius 2 is 1.57 bits per heavy atom. The van der Waals surface area contributed by atoms with Crippen molar-refractivity contribution in [1.82, 2.24) is 5.43 Å². The minimum Gasteiger partial charge on any atom is -0.493 e. The number of hydrogen-bond acceptors (Lipinski definition) is 5. The van der Waals surface area contributed by atoms with Gasteiger partial charge in [0.25, 0.3) is 0 Å². The molecule has 0 aromatic heterocycles. The number of nitrogens with one attached hydrogen (secondary N) is 1. The van der Waals surface area contributed by atoms with Crippen molar-refractivity contribution >= 4 is 38.1 Å². The normalized spacial score (nSPS) is 10.8. The Morgan fingerprint density at radius 3 is 2.23 bits per heavy atom. The summed E-state index contributed by atoms with van der Waals surface area (Å²) in [7, 11) is 3.24. The fourth-order valence-electron chi connectivity index (χ4n) is 2.77. The van der Waals surface area contributed by atoms with Crippen LogP contribution in [0, 0.1) is 0 Å². The highest BCUT2D eigenvalue weighted by atomic mass is 79.9. The Bertz CT molecular complexity index is 988. The summed E-state index contributed by atoms with van der Waals surface area (Å²) >= 11 is 7.17. The zero-order chi connectivity index (χ0) is 21.3. The van der Waals surface area contributed by atoms with Crippen molar-refractivity contribution in [3.05, 3.63) is 86.3 Å². The second-order valence-corrected chi connectivity index (χ2v) is 8.08. The van der Waals surface area contributed by atoms with E-state index in [1.54, 1.807) is 20.4 Å². The van der Waals surface area contributed by atoms with E-state index in [4.69, 9.17) is 14.2 Å². The lowest BCUT2D eigenvalue weighted by molar-refractivity contribution is 0.302. The zero-order valence-corrected chi connectivity index (χ0v) is 19.9. The molecule has 3 aromatic carbocycles. The molecular formula is C23H22Br2N2O3. The quantitative estimate of drug-likeness (QED) is 0.273. The topological polar surface area (TPSA) is 52.1 Å². The lowest BCUT2D eigenvalue weighted by atomic mass is 10.2. The van der Waals surface area contributed by atoms with Gasteiger partial charge in [-0.05, 0) is 72.8 Å². The van der Waals surface area contributed by atoms with Crippen molar-refractivity contribution < 1.29 is 14.2 Å². The molecule has 0 amide bonds. The average Bonchev–Trinajstić information content (AvgIpc) is 2.76. The SMILES string of the molecule is COc1ccc(CN/N=C/c2cc(Br)c(OCc3ccccc3)c(Br)c2)cc1OC. The van der Waals surface area contributed by atoms with Gasteiger partial charge >= 0.3 is 0 Å². The van der Waals surface area contributed by atoms with Gasteiger partial charge in [0, 0.05) is 0 Å². The van der Waals surface area contributed by atoms with Crippen molar-refractivity contribution in [2.45, 2.75) is 13.2 Å². The van der Waals surface area contributed by atoms with Crippen LogP contribution in [0.3, 0.4) is 0 Å². The Labute approximate surface area is 193 Å². The standard InChI is InChI=1S/C23H22Br2N2O3/c1-28-21-9-8-17(12-22(21)29-2)13-26-27-14-18-10-19(24)23(20(25)11-18)30-15-16-6-4-3-5-7-16/h3-12,14,26H,13,15H2,1-2H3/b27-14+. The molecule has 0 heterocycles. The molecule has 156 valence electrons. The molecule has 0 aliphatic heterocycles. The molecule has 0 aliphatic rings. The van der Waals surface area contributed by atoms with Crippen molar-refractivity contribution in [2.24, 2.45) is 5.10 Å². The van der Waals surface area contributed by atoms with E-state index in [0.717, 1.165) is 31.4 Å². The van der Waals surface area contributed by atoms with Crippen LogP contribution in [-0.4, -0.2) is 20.4 Å². The number of hydrazone groups is 1. The van der Waals surface area contributed by atoms with Gasteiger partial charge in [0.2, 0.25) is 0 Å². The lowest BCUT2D eigenvalue weighted by Crippen LogP contribution is -2.06. The van der Waals surface area contributed by atoms with Gasteiger partial charge < -0.3 is 19.6 Å². The Hall–Kier alpha value is -2.51. The highest BCUT2D eigenvalue weighted by Gasteiger charge is 2.09. The Kier molecular flexibility index (Phi) is 8.16. The second-order valence-electron chi connectivity index (χ2n) is 6.37. The van der Waals surface area contributed by atoms with E-state index in [0.29, 0.717) is 24.7 Å². The fourth-order valence-corrected chi connectivity index (χ4v) is 4.22. The summed E-state index contributed by atoms with van der Waals surface area (Å²) in [6.07, 6.45) is 1.76. The molecule has 5 nitrogen and oxygen atoms in total. The molecule has 0 unspecified atom stereocenters. The largest absolute Gasteiger partial charge is 0.493 e. The van der Waals surface area contributed by atoms with Gasteiger partial charge in [-0.1, -0.05) is 36.4 Å². The van der Waals surface area contributed by atoms with Gasteiger partial charge in [0.1, 0.15) is 12.4 Å². The summed E-state index contributed by atoms with van der Waals surface area (Å²) in [5.41, 5.74) is 6.13. The Balaban J connectivity index is 1.59. The van der Waals surface area contributed by atoms with Crippen LogP contribution in [0.4, 0.5) is 0 Å². The first-order chi connectivity index (χ1) is 14.6. The summed E-state index contributed by atoms with van der Waals surface area (Å²) in [6.45, 7) is 1.07. The highest BCUT2D eigenvalue weighted by molar-refractivity contribution is 9.11. The number of halogens is 2. The van der Waals surface area contributed by atoms with Crippen LogP contribution in [0.1, 0.15) is 16.7 Å². The number of ether oxygens (including phenoxy) is 3. The number of hydrogen-bond donors (Lipinski definition) is 1. The maximum Gasteiger partial charge on any atom is 0.161 e. The van der Waals surface area contributed by atoms with Crippen molar-refractivity contribution in [2.75, 3.05) is 14.2 Å². The third-order valence-corrected chi connectivity index (χ3v) is 5.46. The van der Waals surface area contributed by atoms with E-state index in [9.17, 15) is 0 Å². The molecule has 0 fully saturated rings. The smallest absolute Gasteiger partial charge is 0.161 e. The van der Waals surface area contributed by atoms with Crippen molar-refractivity contribution in [3.8, 4) is 17.2 Å². The minimum absolute atomic E-state index is 0.498. The lowest BCUT2D eigenvalue weighted by Gasteiger charge is -2.11. The highest BCUT2D eigenvalue weighted by Crippen LogP contribution is 2.35. The van der Waals surface area contributed by atoms with Gasteiger partial charge in [0.05, 0.1) is 35.9 Å². The molecule has 0 aliphatic carbocycles. The molecule has 3 aromatic rings. The molecule has 0 spiro atoms. The van der Waals surface area contributed by atoms with Crippen molar-refractivity contribution in [3.63, 3.8) is 0 Å². The molecule has 0 bridgehead atoms. The summed E-state index contributed by atoms with van der Waals surface area (Å²) in [4.78, 5) is 0. The molecule has 7 heteroatoms. The predicted octanol–water partition coefficient (Wildman–Crippen LogP) is 5.93. The monoisotopic (exact) mass is 532 g/mol. The van der Waals surface area contributed by atoms with Crippen LogP contribution in [0.2, 0.25) is 0 Å². The van der Waals surface area contributed by atoms with E-state index in [1.165, 1.54) is 0 Å². The van der Waals surface area contributed by atoms with Gasteiger partial charge in [-0.2, -0.15) is 5.10 Å². The first-order valence-corrected chi connectivity index (χ1v) is 10.8. The van der Waals surface area contributed by atoms with Gasteiger partial charge in [0.15, 0.2) is 11.5 Å². The first-order valence-electron chi connectivity index (χ1n) is 9.23. The van der Waals surface area contributed by atoms with Gasteiger partial charge in [-0.15, -0.1) is 0 Å². The molecule has 0 saturated carbocycles. The minimum atomic E-state index is 0.498. The summed E-state index contributed by atoms with van der Waals surface area (Å²) in [5, 5.41) is 4.31. The third-order valence-electron chi connectivity index (χ3n) is 4.28. The van der Waals surface area contributed by atoms with Crippen LogP contribution in [0.15, 0.2) is 74.7 Å². The molecule has 0 atom stereocenters. The zero-order valence-electron chi connectivity index (χ0n) is 16.7. The van der Waals surface area contributed by atoms with Crippen LogP contribution in [-0.2, 0) is 13.2 Å². The van der Waals surface area contributed by atoms with E-state index >= 15 is 0 Å². The molecular weight excluding hydrogens is 512 g/mol. The molecule has 0 saturated heterocycles. The average molecular weight is 534 g/mol. The maximum absolute atomic E-state index is 5.96. The number of rotatable bonds is 9.